The summed E-state index contributed by atoms with van der Waals surface area (Å²) >= 11 is 1.45. The number of methoxy groups -OCH3 is 1. The smallest absolute Gasteiger partial charge is 0.180 e. The van der Waals surface area contributed by atoms with Crippen LogP contribution in [0.2, 0.25) is 0 Å². The van der Waals surface area contributed by atoms with Crippen LogP contribution in [0.5, 0.6) is 5.75 Å². The van der Waals surface area contributed by atoms with Crippen LogP contribution in [0, 0.1) is 13.8 Å². The predicted octanol–water partition coefficient (Wildman–Crippen LogP) is 3.03. The highest BCUT2D eigenvalue weighted by Crippen LogP contribution is 2.31. The summed E-state index contributed by atoms with van der Waals surface area (Å²) < 4.78 is 10.7. The minimum absolute atomic E-state index is 0.557. The second-order valence-electron chi connectivity index (χ2n) is 4.35. The van der Waals surface area contributed by atoms with Gasteiger partial charge in [-0.2, -0.15) is 0 Å². The van der Waals surface area contributed by atoms with Gasteiger partial charge in [0.15, 0.2) is 5.13 Å². The van der Waals surface area contributed by atoms with E-state index in [0.717, 1.165) is 28.1 Å². The highest BCUT2D eigenvalue weighted by molar-refractivity contribution is 7.13. The molecule has 0 aliphatic heterocycles. The number of anilines is 1. The van der Waals surface area contributed by atoms with Crippen molar-refractivity contribution >= 4 is 16.5 Å². The predicted molar refractivity (Wildman–Crippen MR) is 78.8 cm³/mol. The molecule has 0 aliphatic carbocycles. The van der Waals surface area contributed by atoms with Crippen LogP contribution in [-0.4, -0.2) is 25.3 Å². The quantitative estimate of drug-likeness (QED) is 0.854. The maximum absolute atomic E-state index is 5.74. The molecule has 5 heteroatoms. The third-order valence-corrected chi connectivity index (χ3v) is 3.49. The topological polar surface area (TPSA) is 57.4 Å². The van der Waals surface area contributed by atoms with E-state index in [1.54, 1.807) is 7.11 Å². The van der Waals surface area contributed by atoms with Gasteiger partial charge in [-0.25, -0.2) is 4.98 Å². The van der Waals surface area contributed by atoms with Crippen LogP contribution in [0.25, 0.3) is 11.3 Å². The van der Waals surface area contributed by atoms with Crippen LogP contribution in [0.1, 0.15) is 11.1 Å². The molecule has 0 unspecified atom stereocenters. The fourth-order valence-corrected chi connectivity index (χ4v) is 2.55. The molecule has 2 aromatic rings. The summed E-state index contributed by atoms with van der Waals surface area (Å²) in [6.45, 7) is 5.22. The number of nitrogens with zero attached hydrogens (tertiary/aromatic N) is 1. The first kappa shape index (κ1) is 13.8. The van der Waals surface area contributed by atoms with Crippen LogP contribution < -0.4 is 10.5 Å². The van der Waals surface area contributed by atoms with E-state index in [0.29, 0.717) is 18.3 Å². The monoisotopic (exact) mass is 278 g/mol. The van der Waals surface area contributed by atoms with Crippen molar-refractivity contribution in [3.8, 4) is 17.0 Å². The number of nitrogen functional groups attached to an aromatic ring is 1. The summed E-state index contributed by atoms with van der Waals surface area (Å²) in [6, 6.07) is 4.15. The molecule has 19 heavy (non-hydrogen) atoms. The van der Waals surface area contributed by atoms with Gasteiger partial charge in [0.2, 0.25) is 0 Å². The second kappa shape index (κ2) is 6.04. The highest BCUT2D eigenvalue weighted by Gasteiger charge is 2.09. The molecule has 2 rings (SSSR count). The molecule has 1 aromatic carbocycles. The molecule has 102 valence electrons. The molecule has 0 bridgehead atoms. The molecule has 4 nitrogen and oxygen atoms in total. The summed E-state index contributed by atoms with van der Waals surface area (Å²) in [4.78, 5) is 4.30. The number of benzene rings is 1. The average molecular weight is 278 g/mol. The molecule has 1 heterocycles. The largest absolute Gasteiger partial charge is 0.491 e. The Hall–Kier alpha value is -1.59. The Bertz CT molecular complexity index is 543. The van der Waals surface area contributed by atoms with Crippen molar-refractivity contribution in [2.24, 2.45) is 0 Å². The van der Waals surface area contributed by atoms with Gasteiger partial charge in [-0.3, -0.25) is 0 Å². The SMILES string of the molecule is COCCOc1c(C)cc(-c2csc(N)n2)cc1C. The zero-order chi connectivity index (χ0) is 13.8. The van der Waals surface area contributed by atoms with Gasteiger partial charge < -0.3 is 15.2 Å². The van der Waals surface area contributed by atoms with Gasteiger partial charge in [0.25, 0.3) is 0 Å². The molecule has 0 atom stereocenters. The number of rotatable bonds is 5. The van der Waals surface area contributed by atoms with Crippen molar-refractivity contribution in [3.63, 3.8) is 0 Å². The fourth-order valence-electron chi connectivity index (χ4n) is 1.97. The van der Waals surface area contributed by atoms with Crippen molar-refractivity contribution < 1.29 is 9.47 Å². The number of ether oxygens (including phenoxy) is 2. The molecule has 0 saturated carbocycles. The summed E-state index contributed by atoms with van der Waals surface area (Å²) in [5.41, 5.74) is 9.85. The van der Waals surface area contributed by atoms with Crippen molar-refractivity contribution in [2.75, 3.05) is 26.1 Å². The van der Waals surface area contributed by atoms with Crippen molar-refractivity contribution in [1.29, 1.82) is 0 Å². The standard InChI is InChI=1S/C14H18N2O2S/c1-9-6-11(12-8-19-14(15)16-12)7-10(2)13(9)18-5-4-17-3/h6-8H,4-5H2,1-3H3,(H2,15,16). The molecule has 0 aliphatic rings. The minimum atomic E-state index is 0.557. The Labute approximate surface area is 117 Å². The third-order valence-electron chi connectivity index (χ3n) is 2.81. The first-order chi connectivity index (χ1) is 9.11. The lowest BCUT2D eigenvalue weighted by Crippen LogP contribution is -2.06. The Balaban J connectivity index is 2.26. The van der Waals surface area contributed by atoms with E-state index in [4.69, 9.17) is 15.2 Å². The Morgan fingerprint density at radius 2 is 1.89 bits per heavy atom. The Morgan fingerprint density at radius 3 is 2.42 bits per heavy atom. The number of hydrogen-bond donors (Lipinski definition) is 1. The second-order valence-corrected chi connectivity index (χ2v) is 5.24. The van der Waals surface area contributed by atoms with Gasteiger partial charge in [0.1, 0.15) is 12.4 Å². The average Bonchev–Trinajstić information content (AvgIpc) is 2.79. The minimum Gasteiger partial charge on any atom is -0.491 e. The highest BCUT2D eigenvalue weighted by atomic mass is 32.1. The van der Waals surface area contributed by atoms with Crippen molar-refractivity contribution in [1.82, 2.24) is 4.98 Å². The molecular weight excluding hydrogens is 260 g/mol. The van der Waals surface area contributed by atoms with Gasteiger partial charge in [-0.1, -0.05) is 0 Å². The van der Waals surface area contributed by atoms with E-state index in [1.165, 1.54) is 11.3 Å². The van der Waals surface area contributed by atoms with E-state index in [9.17, 15) is 0 Å². The maximum atomic E-state index is 5.74. The van der Waals surface area contributed by atoms with Crippen molar-refractivity contribution in [2.45, 2.75) is 13.8 Å². The number of thiazole rings is 1. The molecule has 0 fully saturated rings. The van der Waals surface area contributed by atoms with E-state index in [1.807, 2.05) is 19.2 Å². The first-order valence-corrected chi connectivity index (χ1v) is 6.94. The zero-order valence-electron chi connectivity index (χ0n) is 11.4. The molecular formula is C14H18N2O2S. The molecule has 0 radical (unpaired) electrons. The lowest BCUT2D eigenvalue weighted by atomic mass is 10.0. The van der Waals surface area contributed by atoms with Gasteiger partial charge in [-0.15, -0.1) is 11.3 Å². The zero-order valence-corrected chi connectivity index (χ0v) is 12.2. The van der Waals surface area contributed by atoms with Gasteiger partial charge in [-0.05, 0) is 37.1 Å². The summed E-state index contributed by atoms with van der Waals surface area (Å²) in [7, 11) is 1.67. The normalized spacial score (nSPS) is 10.7. The van der Waals surface area contributed by atoms with Gasteiger partial charge >= 0.3 is 0 Å². The number of hydrogen-bond acceptors (Lipinski definition) is 5. The summed E-state index contributed by atoms with van der Waals surface area (Å²) in [5.74, 6) is 0.920. The molecule has 0 amide bonds. The van der Waals surface area contributed by atoms with Crippen LogP contribution >= 0.6 is 11.3 Å². The van der Waals surface area contributed by atoms with Crippen LogP contribution in [0.4, 0.5) is 5.13 Å². The van der Waals surface area contributed by atoms with Crippen LogP contribution in [0.15, 0.2) is 17.5 Å². The first-order valence-electron chi connectivity index (χ1n) is 6.06. The van der Waals surface area contributed by atoms with E-state index in [-0.39, 0.29) is 0 Å². The molecule has 2 N–H and O–H groups in total. The Morgan fingerprint density at radius 1 is 1.21 bits per heavy atom. The maximum Gasteiger partial charge on any atom is 0.180 e. The Kier molecular flexibility index (Phi) is 4.39. The number of aryl methyl sites for hydroxylation is 2. The van der Waals surface area contributed by atoms with Crippen LogP contribution in [0.3, 0.4) is 0 Å². The van der Waals surface area contributed by atoms with E-state index in [2.05, 4.69) is 17.1 Å². The lowest BCUT2D eigenvalue weighted by molar-refractivity contribution is 0.145. The van der Waals surface area contributed by atoms with E-state index < -0.39 is 0 Å². The van der Waals surface area contributed by atoms with Gasteiger partial charge in [0, 0.05) is 18.1 Å². The van der Waals surface area contributed by atoms with Crippen LogP contribution in [-0.2, 0) is 4.74 Å². The van der Waals surface area contributed by atoms with E-state index >= 15 is 0 Å². The fraction of sp³-hybridized carbons (Fsp3) is 0.357. The molecule has 0 spiro atoms. The molecule has 1 aromatic heterocycles. The number of nitrogens with two attached hydrogens (primary N) is 1. The van der Waals surface area contributed by atoms with Gasteiger partial charge in [0.05, 0.1) is 12.3 Å². The number of aromatic nitrogens is 1. The summed E-state index contributed by atoms with van der Waals surface area (Å²) in [6.07, 6.45) is 0. The molecule has 0 saturated heterocycles. The van der Waals surface area contributed by atoms with Crippen molar-refractivity contribution in [3.05, 3.63) is 28.6 Å². The third kappa shape index (κ3) is 3.24. The lowest BCUT2D eigenvalue weighted by Gasteiger charge is -2.13. The summed E-state index contributed by atoms with van der Waals surface area (Å²) in [5, 5.41) is 2.56.